The van der Waals surface area contributed by atoms with Crippen molar-refractivity contribution in [2.75, 3.05) is 40.3 Å². The molecule has 1 atom stereocenters. The van der Waals surface area contributed by atoms with E-state index in [9.17, 15) is 4.79 Å². The van der Waals surface area contributed by atoms with Crippen molar-refractivity contribution in [3.63, 3.8) is 0 Å². The van der Waals surface area contributed by atoms with Crippen molar-refractivity contribution in [1.29, 1.82) is 0 Å². The molecule has 0 radical (unpaired) electrons. The summed E-state index contributed by atoms with van der Waals surface area (Å²) < 4.78 is 5.55. The zero-order chi connectivity index (χ0) is 12.4. The average Bonchev–Trinajstić information content (AvgIpc) is 2.22. The van der Waals surface area contributed by atoms with Gasteiger partial charge in [0.2, 0.25) is 5.91 Å². The van der Waals surface area contributed by atoms with E-state index in [-0.39, 0.29) is 36.8 Å². The van der Waals surface area contributed by atoms with Crippen LogP contribution in [0.4, 0.5) is 0 Å². The van der Waals surface area contributed by atoms with Gasteiger partial charge in [-0.25, -0.2) is 0 Å². The zero-order valence-electron chi connectivity index (χ0n) is 11.5. The second-order valence-corrected chi connectivity index (χ2v) is 4.01. The van der Waals surface area contributed by atoms with Gasteiger partial charge >= 0.3 is 0 Å². The molecule has 0 heterocycles. The van der Waals surface area contributed by atoms with Gasteiger partial charge in [0.05, 0.1) is 6.10 Å². The number of amides is 1. The molecule has 1 unspecified atom stereocenters. The lowest BCUT2D eigenvalue weighted by Gasteiger charge is -2.19. The second-order valence-electron chi connectivity index (χ2n) is 4.01. The molecular weight excluding hydrogens is 277 g/mol. The minimum atomic E-state index is -0.00273. The molecule has 0 bridgehead atoms. The Morgan fingerprint density at radius 3 is 2.44 bits per heavy atom. The first-order chi connectivity index (χ1) is 7.60. The number of nitrogens with zero attached hydrogens (tertiary/aromatic N) is 1. The standard InChI is InChI=1S/C11H25N3O2.2ClH/c1-4-16-10(6-8-14(2)3)9-13-11(15)5-7-12;;/h10H,4-9,12H2,1-3H3,(H,13,15);2*1H. The number of nitrogens with two attached hydrogens (primary N) is 1. The lowest BCUT2D eigenvalue weighted by atomic mass is 10.2. The van der Waals surface area contributed by atoms with Gasteiger partial charge in [0.1, 0.15) is 0 Å². The van der Waals surface area contributed by atoms with Crippen LogP contribution >= 0.6 is 24.8 Å². The summed E-state index contributed by atoms with van der Waals surface area (Å²) in [5.41, 5.74) is 5.29. The van der Waals surface area contributed by atoms with Gasteiger partial charge in [-0.05, 0) is 27.4 Å². The van der Waals surface area contributed by atoms with E-state index in [1.54, 1.807) is 0 Å². The SMILES string of the molecule is CCOC(CCN(C)C)CNC(=O)CCN.Cl.Cl. The van der Waals surface area contributed by atoms with Gasteiger partial charge in [-0.3, -0.25) is 4.79 Å². The Morgan fingerprint density at radius 2 is 2.00 bits per heavy atom. The summed E-state index contributed by atoms with van der Waals surface area (Å²) in [6.45, 7) is 4.55. The number of rotatable bonds is 9. The van der Waals surface area contributed by atoms with Crippen LogP contribution in [0.1, 0.15) is 19.8 Å². The van der Waals surface area contributed by atoms with E-state index in [1.807, 2.05) is 21.0 Å². The molecule has 0 aliphatic carbocycles. The van der Waals surface area contributed by atoms with Crippen LogP contribution in [0.2, 0.25) is 0 Å². The first-order valence-corrected chi connectivity index (χ1v) is 5.83. The molecule has 112 valence electrons. The Labute approximate surface area is 123 Å². The fourth-order valence-corrected chi connectivity index (χ4v) is 1.33. The highest BCUT2D eigenvalue weighted by molar-refractivity contribution is 5.85. The van der Waals surface area contributed by atoms with Crippen molar-refractivity contribution in [3.05, 3.63) is 0 Å². The molecule has 0 aromatic carbocycles. The van der Waals surface area contributed by atoms with Crippen molar-refractivity contribution in [2.24, 2.45) is 5.73 Å². The average molecular weight is 304 g/mol. The Kier molecular flexibility index (Phi) is 19.2. The fourth-order valence-electron chi connectivity index (χ4n) is 1.33. The summed E-state index contributed by atoms with van der Waals surface area (Å²) in [4.78, 5) is 13.3. The van der Waals surface area contributed by atoms with E-state index < -0.39 is 0 Å². The Bertz CT molecular complexity index is 195. The number of carbonyl (C=O) groups excluding carboxylic acids is 1. The lowest BCUT2D eigenvalue weighted by molar-refractivity contribution is -0.121. The lowest BCUT2D eigenvalue weighted by Crippen LogP contribution is -2.36. The highest BCUT2D eigenvalue weighted by Gasteiger charge is 2.10. The van der Waals surface area contributed by atoms with Crippen molar-refractivity contribution < 1.29 is 9.53 Å². The van der Waals surface area contributed by atoms with Crippen molar-refractivity contribution >= 4 is 30.7 Å². The molecule has 3 N–H and O–H groups in total. The van der Waals surface area contributed by atoms with Gasteiger partial charge < -0.3 is 20.7 Å². The maximum absolute atomic E-state index is 11.2. The molecule has 1 amide bonds. The third kappa shape index (κ3) is 14.0. The molecule has 7 heteroatoms. The normalized spacial score (nSPS) is 11.4. The predicted octanol–water partition coefficient (Wildman–Crippen LogP) is 0.652. The molecule has 0 saturated carbocycles. The van der Waals surface area contributed by atoms with E-state index in [2.05, 4.69) is 10.2 Å². The molecule has 0 saturated heterocycles. The molecule has 0 aromatic heterocycles. The van der Waals surface area contributed by atoms with Crippen LogP contribution in [0, 0.1) is 0 Å². The zero-order valence-corrected chi connectivity index (χ0v) is 13.1. The monoisotopic (exact) mass is 303 g/mol. The molecule has 0 aliphatic rings. The van der Waals surface area contributed by atoms with E-state index in [0.29, 0.717) is 26.1 Å². The number of halogens is 2. The molecule has 5 nitrogen and oxygen atoms in total. The number of hydrogen-bond donors (Lipinski definition) is 2. The summed E-state index contributed by atoms with van der Waals surface area (Å²) in [6.07, 6.45) is 1.39. The minimum Gasteiger partial charge on any atom is -0.377 e. The summed E-state index contributed by atoms with van der Waals surface area (Å²) >= 11 is 0. The molecule has 0 spiro atoms. The summed E-state index contributed by atoms with van der Waals surface area (Å²) in [6, 6.07) is 0. The van der Waals surface area contributed by atoms with E-state index >= 15 is 0 Å². The minimum absolute atomic E-state index is 0. The maximum Gasteiger partial charge on any atom is 0.221 e. The van der Waals surface area contributed by atoms with Crippen molar-refractivity contribution in [1.82, 2.24) is 10.2 Å². The van der Waals surface area contributed by atoms with Gasteiger partial charge in [0.15, 0.2) is 0 Å². The fraction of sp³-hybridized carbons (Fsp3) is 0.909. The molecule has 18 heavy (non-hydrogen) atoms. The van der Waals surface area contributed by atoms with Crippen LogP contribution in [0.5, 0.6) is 0 Å². The molecule has 0 rings (SSSR count). The summed E-state index contributed by atoms with van der Waals surface area (Å²) in [5, 5.41) is 2.83. The van der Waals surface area contributed by atoms with E-state index in [1.165, 1.54) is 0 Å². The highest BCUT2D eigenvalue weighted by Crippen LogP contribution is 1.98. The van der Waals surface area contributed by atoms with Crippen molar-refractivity contribution in [2.45, 2.75) is 25.9 Å². The first kappa shape index (κ1) is 23.1. The predicted molar refractivity (Wildman–Crippen MR) is 79.8 cm³/mol. The van der Waals surface area contributed by atoms with E-state index in [0.717, 1.165) is 13.0 Å². The topological polar surface area (TPSA) is 67.6 Å². The van der Waals surface area contributed by atoms with Crippen LogP contribution in [0.25, 0.3) is 0 Å². The van der Waals surface area contributed by atoms with Crippen molar-refractivity contribution in [3.8, 4) is 0 Å². The Morgan fingerprint density at radius 1 is 1.39 bits per heavy atom. The van der Waals surface area contributed by atoms with Gasteiger partial charge in [0, 0.05) is 32.7 Å². The maximum atomic E-state index is 11.2. The Hall–Kier alpha value is -0.0700. The third-order valence-electron chi connectivity index (χ3n) is 2.20. The largest absolute Gasteiger partial charge is 0.377 e. The van der Waals surface area contributed by atoms with Crippen LogP contribution in [-0.4, -0.2) is 57.2 Å². The van der Waals surface area contributed by atoms with Crippen LogP contribution in [0.3, 0.4) is 0 Å². The van der Waals surface area contributed by atoms with E-state index in [4.69, 9.17) is 10.5 Å². The van der Waals surface area contributed by atoms with Gasteiger partial charge in [-0.1, -0.05) is 0 Å². The summed E-state index contributed by atoms with van der Waals surface area (Å²) in [7, 11) is 4.05. The summed E-state index contributed by atoms with van der Waals surface area (Å²) in [5.74, 6) is -0.00273. The van der Waals surface area contributed by atoms with Crippen LogP contribution in [-0.2, 0) is 9.53 Å². The third-order valence-corrected chi connectivity index (χ3v) is 2.20. The van der Waals surface area contributed by atoms with Gasteiger partial charge in [-0.2, -0.15) is 0 Å². The number of carbonyl (C=O) groups is 1. The number of hydrogen-bond acceptors (Lipinski definition) is 4. The first-order valence-electron chi connectivity index (χ1n) is 5.83. The molecule has 0 fully saturated rings. The van der Waals surface area contributed by atoms with Crippen LogP contribution in [0.15, 0.2) is 0 Å². The van der Waals surface area contributed by atoms with Gasteiger partial charge in [-0.15, -0.1) is 24.8 Å². The second kappa shape index (κ2) is 15.0. The molecule has 0 aromatic rings. The Balaban J connectivity index is -0.00000112. The molecular formula is C11H27Cl2N3O2. The number of ether oxygens (including phenoxy) is 1. The molecule has 0 aliphatic heterocycles. The van der Waals surface area contributed by atoms with Gasteiger partial charge in [0.25, 0.3) is 0 Å². The highest BCUT2D eigenvalue weighted by atomic mass is 35.5. The number of nitrogens with one attached hydrogen (secondary N) is 1. The smallest absolute Gasteiger partial charge is 0.221 e. The van der Waals surface area contributed by atoms with Crippen LogP contribution < -0.4 is 11.1 Å². The quantitative estimate of drug-likeness (QED) is 0.656.